The Labute approximate surface area is 176 Å². The van der Waals surface area contributed by atoms with E-state index in [1.807, 2.05) is 6.20 Å². The Morgan fingerprint density at radius 2 is 1.83 bits per heavy atom. The zero-order chi connectivity index (χ0) is 20.3. The van der Waals surface area contributed by atoms with E-state index in [1.54, 1.807) is 10.9 Å². The molecule has 0 aliphatic heterocycles. The summed E-state index contributed by atoms with van der Waals surface area (Å²) in [4.78, 5) is 13.5. The molecule has 4 aliphatic rings. The van der Waals surface area contributed by atoms with Gasteiger partial charge in [0.15, 0.2) is 5.78 Å². The monoisotopic (exact) mass is 397 g/mol. The van der Waals surface area contributed by atoms with Gasteiger partial charge < -0.3 is 0 Å². The van der Waals surface area contributed by atoms with Crippen molar-refractivity contribution >= 4 is 5.78 Å². The number of carbonyl (C=O) groups is 1. The third-order valence-corrected chi connectivity index (χ3v) is 10.3. The minimum atomic E-state index is 0.173. The van der Waals surface area contributed by atoms with Crippen LogP contribution in [0.5, 0.6) is 0 Å². The summed E-state index contributed by atoms with van der Waals surface area (Å²) in [6, 6.07) is 0. The molecule has 10 atom stereocenters. The van der Waals surface area contributed by atoms with Crippen molar-refractivity contribution in [3.63, 3.8) is 0 Å². The highest BCUT2D eigenvalue weighted by molar-refractivity contribution is 5.82. The number of nitrogens with zero attached hydrogens (tertiary/aromatic N) is 3. The predicted octanol–water partition coefficient (Wildman–Crippen LogP) is 5.24. The van der Waals surface area contributed by atoms with Crippen LogP contribution in [0.3, 0.4) is 0 Å². The molecule has 160 valence electrons. The fraction of sp³-hybridized carbons (Fsp3) is 0.880. The molecule has 4 fully saturated rings. The lowest BCUT2D eigenvalue weighted by atomic mass is 9.48. The molecule has 0 aromatic carbocycles. The first kappa shape index (κ1) is 19.8. The van der Waals surface area contributed by atoms with Gasteiger partial charge in [-0.15, -0.1) is 5.10 Å². The van der Waals surface area contributed by atoms with Gasteiger partial charge in [-0.1, -0.05) is 39.3 Å². The number of aromatic nitrogens is 3. The normalized spacial score (nSPS) is 49.2. The van der Waals surface area contributed by atoms with Crippen LogP contribution in [0.25, 0.3) is 0 Å². The number of Topliss-reactive ketones (excluding diaryl/α,β-unsaturated/α-hetero) is 1. The molecule has 0 N–H and O–H groups in total. The first-order valence-electron chi connectivity index (χ1n) is 12.3. The van der Waals surface area contributed by atoms with E-state index in [1.165, 1.54) is 44.9 Å². The van der Waals surface area contributed by atoms with Gasteiger partial charge in [-0.3, -0.25) is 4.79 Å². The Morgan fingerprint density at radius 3 is 2.59 bits per heavy atom. The molecule has 4 saturated carbocycles. The van der Waals surface area contributed by atoms with Crippen LogP contribution in [-0.4, -0.2) is 20.8 Å². The first-order chi connectivity index (χ1) is 13.9. The van der Waals surface area contributed by atoms with Gasteiger partial charge in [0.25, 0.3) is 0 Å². The van der Waals surface area contributed by atoms with Gasteiger partial charge >= 0.3 is 0 Å². The topological polar surface area (TPSA) is 47.8 Å². The van der Waals surface area contributed by atoms with Crippen LogP contribution in [-0.2, 0) is 11.3 Å². The van der Waals surface area contributed by atoms with Crippen molar-refractivity contribution < 1.29 is 4.79 Å². The van der Waals surface area contributed by atoms with Gasteiger partial charge in [-0.2, -0.15) is 0 Å². The van der Waals surface area contributed by atoms with E-state index in [0.717, 1.165) is 35.5 Å². The Hall–Kier alpha value is -1.19. The average Bonchev–Trinajstić information content (AvgIpc) is 3.26. The maximum Gasteiger partial charge on any atom is 0.158 e. The fourth-order valence-electron chi connectivity index (χ4n) is 9.18. The fourth-order valence-corrected chi connectivity index (χ4v) is 9.18. The van der Waals surface area contributed by atoms with Gasteiger partial charge in [0.2, 0.25) is 0 Å². The van der Waals surface area contributed by atoms with Crippen molar-refractivity contribution in [2.24, 2.45) is 58.7 Å². The number of carbonyl (C=O) groups excluding carboxylic acids is 1. The minimum absolute atomic E-state index is 0.173. The van der Waals surface area contributed by atoms with Crippen molar-refractivity contribution in [3.8, 4) is 0 Å². The molecule has 1 aromatic rings. The quantitative estimate of drug-likeness (QED) is 0.700. The molecular formula is C25H39N3O. The van der Waals surface area contributed by atoms with Gasteiger partial charge in [0.05, 0.1) is 6.20 Å². The summed E-state index contributed by atoms with van der Waals surface area (Å²) in [6.07, 6.45) is 13.4. The molecular weight excluding hydrogens is 358 g/mol. The SMILES string of the molecule is CC1CCC2C(CCC3C2CCC2(C)C(C(=O)Cn4ccnn4)C(C)[C@@H](C)C32)C1. The number of ketones is 1. The molecule has 0 amide bonds. The molecule has 9 unspecified atom stereocenters. The van der Waals surface area contributed by atoms with Crippen LogP contribution in [0.1, 0.15) is 72.6 Å². The maximum absolute atomic E-state index is 13.5. The van der Waals surface area contributed by atoms with Crippen molar-refractivity contribution in [1.82, 2.24) is 15.0 Å². The Balaban J connectivity index is 1.40. The summed E-state index contributed by atoms with van der Waals surface area (Å²) < 4.78 is 1.72. The lowest BCUT2D eigenvalue weighted by Crippen LogP contribution is -2.50. The largest absolute Gasteiger partial charge is 0.297 e. The van der Waals surface area contributed by atoms with Crippen molar-refractivity contribution in [3.05, 3.63) is 12.4 Å². The maximum atomic E-state index is 13.5. The molecule has 0 radical (unpaired) electrons. The standard InChI is InChI=1S/C25H39N3O/c1-15-5-7-19-18(13-15)6-8-21-20(19)9-10-25(4)23(21)16(2)17(3)24(25)22(29)14-28-12-11-26-27-28/h11-12,15-21,23-24H,5-10,13-14H2,1-4H3/t15?,16-,17?,18?,19?,20?,21?,23?,24?,25?/m1/s1. The molecule has 5 rings (SSSR count). The molecule has 0 bridgehead atoms. The highest BCUT2D eigenvalue weighted by Gasteiger charge is 2.63. The third kappa shape index (κ3) is 3.03. The van der Waals surface area contributed by atoms with Crippen molar-refractivity contribution in [1.29, 1.82) is 0 Å². The second-order valence-corrected chi connectivity index (χ2v) is 11.6. The zero-order valence-corrected chi connectivity index (χ0v) is 18.8. The summed E-state index contributed by atoms with van der Waals surface area (Å²) in [5.41, 5.74) is 0.173. The number of fused-ring (bicyclic) bond motifs is 5. The van der Waals surface area contributed by atoms with E-state index in [4.69, 9.17) is 0 Å². The molecule has 4 aliphatic carbocycles. The molecule has 4 heteroatoms. The van der Waals surface area contributed by atoms with E-state index < -0.39 is 0 Å². The summed E-state index contributed by atoms with van der Waals surface area (Å²) in [6.45, 7) is 10.2. The number of hydrogen-bond acceptors (Lipinski definition) is 3. The van der Waals surface area contributed by atoms with Gasteiger partial charge in [-0.05, 0) is 91.3 Å². The van der Waals surface area contributed by atoms with Gasteiger partial charge in [0, 0.05) is 12.1 Å². The highest BCUT2D eigenvalue weighted by Crippen LogP contribution is 2.67. The van der Waals surface area contributed by atoms with Crippen molar-refractivity contribution in [2.75, 3.05) is 0 Å². The average molecular weight is 398 g/mol. The Kier molecular flexibility index (Phi) is 4.90. The summed E-state index contributed by atoms with van der Waals surface area (Å²) >= 11 is 0. The molecule has 4 nitrogen and oxygen atoms in total. The summed E-state index contributed by atoms with van der Waals surface area (Å²) in [5, 5.41) is 7.95. The first-order valence-corrected chi connectivity index (χ1v) is 12.3. The molecule has 0 saturated heterocycles. The third-order valence-electron chi connectivity index (χ3n) is 10.3. The number of rotatable bonds is 3. The van der Waals surface area contributed by atoms with Gasteiger partial charge in [-0.25, -0.2) is 4.68 Å². The van der Waals surface area contributed by atoms with E-state index in [2.05, 4.69) is 38.0 Å². The second kappa shape index (κ2) is 7.20. The smallest absolute Gasteiger partial charge is 0.158 e. The molecule has 1 aromatic heterocycles. The second-order valence-electron chi connectivity index (χ2n) is 11.6. The Morgan fingerprint density at radius 1 is 1.03 bits per heavy atom. The predicted molar refractivity (Wildman–Crippen MR) is 114 cm³/mol. The van der Waals surface area contributed by atoms with Crippen LogP contribution in [0.2, 0.25) is 0 Å². The molecule has 29 heavy (non-hydrogen) atoms. The van der Waals surface area contributed by atoms with Crippen LogP contribution in [0.4, 0.5) is 0 Å². The minimum Gasteiger partial charge on any atom is -0.297 e. The summed E-state index contributed by atoms with van der Waals surface area (Å²) in [7, 11) is 0. The lowest BCUT2D eigenvalue weighted by Gasteiger charge is -2.56. The number of hydrogen-bond donors (Lipinski definition) is 0. The van der Waals surface area contributed by atoms with Gasteiger partial charge in [0.1, 0.15) is 6.54 Å². The van der Waals surface area contributed by atoms with E-state index in [9.17, 15) is 4.79 Å². The Bertz CT molecular complexity index is 745. The highest BCUT2D eigenvalue weighted by atomic mass is 16.1. The molecule has 1 heterocycles. The van der Waals surface area contributed by atoms with E-state index in [-0.39, 0.29) is 11.3 Å². The van der Waals surface area contributed by atoms with Crippen molar-refractivity contribution in [2.45, 2.75) is 79.2 Å². The van der Waals surface area contributed by atoms with Crippen LogP contribution < -0.4 is 0 Å². The van der Waals surface area contributed by atoms with Crippen LogP contribution >= 0.6 is 0 Å². The summed E-state index contributed by atoms with van der Waals surface area (Å²) in [5.74, 6) is 7.09. The lowest BCUT2D eigenvalue weighted by molar-refractivity contribution is -0.132. The van der Waals surface area contributed by atoms with Crippen LogP contribution in [0.15, 0.2) is 12.4 Å². The van der Waals surface area contributed by atoms with E-state index >= 15 is 0 Å². The van der Waals surface area contributed by atoms with Crippen LogP contribution in [0, 0.1) is 58.7 Å². The van der Waals surface area contributed by atoms with E-state index in [0.29, 0.717) is 24.2 Å². The zero-order valence-electron chi connectivity index (χ0n) is 18.8. The molecule has 0 spiro atoms.